The molecule has 4 heteroatoms. The fourth-order valence-electron chi connectivity index (χ4n) is 1.70. The van der Waals surface area contributed by atoms with E-state index in [1.54, 1.807) is 0 Å². The Hall–Kier alpha value is -0.280. The van der Waals surface area contributed by atoms with Crippen molar-refractivity contribution in [1.82, 2.24) is 5.32 Å². The standard InChI is InChI=1S/C11H20ClNO2/c1-9(8-12)11(14)13-6-7-15-10-4-2-3-5-10/h9-10H,2-8H2,1H3,(H,13,14). The molecule has 0 aromatic rings. The van der Waals surface area contributed by atoms with E-state index in [1.165, 1.54) is 25.7 Å². The van der Waals surface area contributed by atoms with Crippen LogP contribution >= 0.6 is 11.6 Å². The molecule has 88 valence electrons. The average molecular weight is 234 g/mol. The molecule has 0 heterocycles. The first-order valence-corrected chi connectivity index (χ1v) is 6.22. The number of hydrogen-bond donors (Lipinski definition) is 1. The molecule has 1 aliphatic carbocycles. The summed E-state index contributed by atoms with van der Waals surface area (Å²) < 4.78 is 5.62. The van der Waals surface area contributed by atoms with Crippen LogP contribution in [0.15, 0.2) is 0 Å². The Morgan fingerprint density at radius 2 is 2.20 bits per heavy atom. The van der Waals surface area contributed by atoms with Crippen molar-refractivity contribution >= 4 is 17.5 Å². The molecule has 1 N–H and O–H groups in total. The lowest BCUT2D eigenvalue weighted by Crippen LogP contribution is -2.33. The highest BCUT2D eigenvalue weighted by molar-refractivity contribution is 6.19. The van der Waals surface area contributed by atoms with Crippen LogP contribution in [-0.2, 0) is 9.53 Å². The van der Waals surface area contributed by atoms with Gasteiger partial charge in [0.25, 0.3) is 0 Å². The minimum atomic E-state index is -0.113. The van der Waals surface area contributed by atoms with Gasteiger partial charge in [-0.05, 0) is 12.8 Å². The van der Waals surface area contributed by atoms with Crippen LogP contribution in [0.25, 0.3) is 0 Å². The molecule has 0 spiro atoms. The van der Waals surface area contributed by atoms with Gasteiger partial charge in [0, 0.05) is 18.3 Å². The van der Waals surface area contributed by atoms with Gasteiger partial charge in [-0.15, -0.1) is 11.6 Å². The lowest BCUT2D eigenvalue weighted by Gasteiger charge is -2.12. The summed E-state index contributed by atoms with van der Waals surface area (Å²) in [5.41, 5.74) is 0. The molecule has 0 radical (unpaired) electrons. The topological polar surface area (TPSA) is 38.3 Å². The minimum absolute atomic E-state index is 0.0139. The van der Waals surface area contributed by atoms with Crippen molar-refractivity contribution in [2.45, 2.75) is 38.7 Å². The molecule has 0 saturated heterocycles. The van der Waals surface area contributed by atoms with Gasteiger partial charge in [-0.1, -0.05) is 19.8 Å². The lowest BCUT2D eigenvalue weighted by atomic mass is 10.2. The maximum Gasteiger partial charge on any atom is 0.224 e. The highest BCUT2D eigenvalue weighted by atomic mass is 35.5. The number of halogens is 1. The molecule has 1 rings (SSSR count). The van der Waals surface area contributed by atoms with Crippen molar-refractivity contribution in [3.8, 4) is 0 Å². The molecule has 1 aliphatic rings. The maximum absolute atomic E-state index is 11.3. The number of hydrogen-bond acceptors (Lipinski definition) is 2. The average Bonchev–Trinajstić information content (AvgIpc) is 2.75. The minimum Gasteiger partial charge on any atom is -0.376 e. The van der Waals surface area contributed by atoms with Gasteiger partial charge in [-0.3, -0.25) is 4.79 Å². The molecule has 3 nitrogen and oxygen atoms in total. The summed E-state index contributed by atoms with van der Waals surface area (Å²) in [7, 11) is 0. The number of alkyl halides is 1. The molecule has 1 atom stereocenters. The molecule has 1 amide bonds. The predicted octanol–water partition coefficient (Wildman–Crippen LogP) is 1.94. The SMILES string of the molecule is CC(CCl)C(=O)NCCOC1CCCC1. The van der Waals surface area contributed by atoms with Crippen molar-refractivity contribution in [2.24, 2.45) is 5.92 Å². The second-order valence-electron chi connectivity index (χ2n) is 4.12. The van der Waals surface area contributed by atoms with E-state index in [2.05, 4.69) is 5.32 Å². The van der Waals surface area contributed by atoms with Gasteiger partial charge < -0.3 is 10.1 Å². The van der Waals surface area contributed by atoms with Crippen molar-refractivity contribution in [3.63, 3.8) is 0 Å². The summed E-state index contributed by atoms with van der Waals surface area (Å²) >= 11 is 5.57. The van der Waals surface area contributed by atoms with Crippen LogP contribution in [0, 0.1) is 5.92 Å². The van der Waals surface area contributed by atoms with E-state index in [9.17, 15) is 4.79 Å². The Kier molecular flexibility index (Phi) is 6.03. The molecule has 15 heavy (non-hydrogen) atoms. The Labute approximate surface area is 96.5 Å². The zero-order valence-electron chi connectivity index (χ0n) is 9.30. The van der Waals surface area contributed by atoms with Gasteiger partial charge in [0.15, 0.2) is 0 Å². The van der Waals surface area contributed by atoms with E-state index >= 15 is 0 Å². The second kappa shape index (κ2) is 7.07. The summed E-state index contributed by atoms with van der Waals surface area (Å²) in [6.45, 7) is 3.03. The van der Waals surface area contributed by atoms with Gasteiger partial charge in [-0.25, -0.2) is 0 Å². The first kappa shape index (κ1) is 12.8. The van der Waals surface area contributed by atoms with E-state index in [0.717, 1.165) is 0 Å². The van der Waals surface area contributed by atoms with Crippen molar-refractivity contribution < 1.29 is 9.53 Å². The zero-order valence-corrected chi connectivity index (χ0v) is 10.1. The fourth-order valence-corrected chi connectivity index (χ4v) is 1.84. The maximum atomic E-state index is 11.3. The van der Waals surface area contributed by atoms with Gasteiger partial charge in [0.05, 0.1) is 12.7 Å². The molecule has 0 bridgehead atoms. The van der Waals surface area contributed by atoms with Crippen molar-refractivity contribution in [3.05, 3.63) is 0 Å². The van der Waals surface area contributed by atoms with Crippen molar-refractivity contribution in [1.29, 1.82) is 0 Å². The summed E-state index contributed by atoms with van der Waals surface area (Å²) in [6, 6.07) is 0. The van der Waals surface area contributed by atoms with E-state index in [4.69, 9.17) is 16.3 Å². The van der Waals surface area contributed by atoms with E-state index in [-0.39, 0.29) is 11.8 Å². The van der Waals surface area contributed by atoms with E-state index in [0.29, 0.717) is 25.1 Å². The summed E-state index contributed by atoms with van der Waals surface area (Å²) in [5.74, 6) is 0.271. The largest absolute Gasteiger partial charge is 0.376 e. The number of nitrogens with one attached hydrogen (secondary N) is 1. The number of rotatable bonds is 6. The van der Waals surface area contributed by atoms with Crippen LogP contribution in [-0.4, -0.2) is 31.0 Å². The highest BCUT2D eigenvalue weighted by Crippen LogP contribution is 2.20. The number of amides is 1. The fraction of sp³-hybridized carbons (Fsp3) is 0.909. The summed E-state index contributed by atoms with van der Waals surface area (Å²) in [6.07, 6.45) is 5.32. The molecule has 0 aromatic heterocycles. The number of ether oxygens (including phenoxy) is 1. The summed E-state index contributed by atoms with van der Waals surface area (Å²) in [5, 5.41) is 2.81. The third-order valence-corrected chi connectivity index (χ3v) is 3.20. The Bertz CT molecular complexity index is 193. The molecule has 1 unspecified atom stereocenters. The Morgan fingerprint density at radius 1 is 1.53 bits per heavy atom. The summed E-state index contributed by atoms with van der Waals surface area (Å²) in [4.78, 5) is 11.3. The van der Waals surface area contributed by atoms with Gasteiger partial charge >= 0.3 is 0 Å². The first-order chi connectivity index (χ1) is 7.24. The van der Waals surface area contributed by atoms with Crippen LogP contribution in [0.5, 0.6) is 0 Å². The van der Waals surface area contributed by atoms with Crippen molar-refractivity contribution in [2.75, 3.05) is 19.0 Å². The molecule has 1 saturated carbocycles. The molecule has 0 aliphatic heterocycles. The van der Waals surface area contributed by atoms with Gasteiger partial charge in [-0.2, -0.15) is 0 Å². The van der Waals surface area contributed by atoms with Gasteiger partial charge in [0.2, 0.25) is 5.91 Å². The number of carbonyl (C=O) groups excluding carboxylic acids is 1. The van der Waals surface area contributed by atoms with E-state index < -0.39 is 0 Å². The normalized spacial score (nSPS) is 19.1. The van der Waals surface area contributed by atoms with Crippen LogP contribution in [0.4, 0.5) is 0 Å². The van der Waals surface area contributed by atoms with Gasteiger partial charge in [0.1, 0.15) is 0 Å². The van der Waals surface area contributed by atoms with E-state index in [1.807, 2.05) is 6.92 Å². The van der Waals surface area contributed by atoms with Crippen LogP contribution < -0.4 is 5.32 Å². The zero-order chi connectivity index (χ0) is 11.1. The monoisotopic (exact) mass is 233 g/mol. The Balaban J connectivity index is 1.98. The highest BCUT2D eigenvalue weighted by Gasteiger charge is 2.15. The van der Waals surface area contributed by atoms with Crippen LogP contribution in [0.1, 0.15) is 32.6 Å². The third kappa shape index (κ3) is 4.85. The third-order valence-electron chi connectivity index (χ3n) is 2.74. The van der Waals surface area contributed by atoms with Crippen LogP contribution in [0.3, 0.4) is 0 Å². The van der Waals surface area contributed by atoms with Crippen LogP contribution in [0.2, 0.25) is 0 Å². The second-order valence-corrected chi connectivity index (χ2v) is 4.43. The Morgan fingerprint density at radius 3 is 2.80 bits per heavy atom. The molecular formula is C11H20ClNO2. The smallest absolute Gasteiger partial charge is 0.224 e. The molecule has 0 aromatic carbocycles. The molecular weight excluding hydrogens is 214 g/mol. The first-order valence-electron chi connectivity index (χ1n) is 5.69. The predicted molar refractivity (Wildman–Crippen MR) is 61.1 cm³/mol. The molecule has 1 fully saturated rings. The number of carbonyl (C=O) groups is 1. The lowest BCUT2D eigenvalue weighted by molar-refractivity contribution is -0.124. The quantitative estimate of drug-likeness (QED) is 0.563.